The largest absolute Gasteiger partial charge is 0.420 e. The topological polar surface area (TPSA) is 75.2 Å². The van der Waals surface area contributed by atoms with Crippen molar-refractivity contribution in [1.82, 2.24) is 14.1 Å². The van der Waals surface area contributed by atoms with Crippen LogP contribution in [0.25, 0.3) is 32.9 Å². The summed E-state index contributed by atoms with van der Waals surface area (Å²) in [4.78, 5) is 28.7. The molecule has 2 aliphatic rings. The van der Waals surface area contributed by atoms with Crippen molar-refractivity contribution in [2.45, 2.75) is 0 Å². The Labute approximate surface area is 339 Å². The Morgan fingerprint density at radius 3 is 1.44 bits per heavy atom. The minimum absolute atomic E-state index is 0.192. The number of pyridine rings is 2. The van der Waals surface area contributed by atoms with E-state index >= 15 is 0 Å². The highest BCUT2D eigenvalue weighted by Crippen LogP contribution is 2.46. The molecule has 286 valence electrons. The van der Waals surface area contributed by atoms with Gasteiger partial charge in [0.25, 0.3) is 11.1 Å². The zero-order chi connectivity index (χ0) is 40.0. The van der Waals surface area contributed by atoms with Crippen molar-refractivity contribution in [1.29, 1.82) is 0 Å². The summed E-state index contributed by atoms with van der Waals surface area (Å²) in [6, 6.07) is 54.3. The molecule has 0 N–H and O–H groups in total. The van der Waals surface area contributed by atoms with E-state index in [-0.39, 0.29) is 11.1 Å². The van der Waals surface area contributed by atoms with E-state index in [1.54, 1.807) is 9.13 Å². The average molecular weight is 774 g/mol. The van der Waals surface area contributed by atoms with Gasteiger partial charge in [-0.05, 0) is 66.7 Å². The maximum absolute atomic E-state index is 14.3. The number of ether oxygens (including phenoxy) is 2. The first-order chi connectivity index (χ1) is 29.0. The van der Waals surface area contributed by atoms with Crippen molar-refractivity contribution in [3.63, 3.8) is 0 Å². The van der Waals surface area contributed by atoms with Crippen LogP contribution in [-0.4, -0.2) is 38.8 Å². The number of hydrogen-bond acceptors (Lipinski definition) is 7. The van der Waals surface area contributed by atoms with Crippen LogP contribution in [0.2, 0.25) is 0 Å². The van der Waals surface area contributed by atoms with E-state index in [4.69, 9.17) is 9.47 Å². The summed E-state index contributed by atoms with van der Waals surface area (Å²) in [5.41, 5.74) is 4.18. The molecule has 0 amide bonds. The highest BCUT2D eigenvalue weighted by atomic mass is 16.5. The Bertz CT molecular complexity index is 3120. The number of fused-ring (bicyclic) bond motifs is 6. The summed E-state index contributed by atoms with van der Waals surface area (Å²) in [6.07, 6.45) is 5.52. The number of hydrazine groups is 2. The molecule has 0 radical (unpaired) electrons. The van der Waals surface area contributed by atoms with Crippen LogP contribution in [0.5, 0.6) is 11.8 Å². The quantitative estimate of drug-likeness (QED) is 0.156. The van der Waals surface area contributed by atoms with Crippen molar-refractivity contribution in [3.8, 4) is 23.1 Å². The molecule has 2 aliphatic heterocycles. The predicted octanol–water partition coefficient (Wildman–Crippen LogP) is 9.26. The van der Waals surface area contributed by atoms with Gasteiger partial charge < -0.3 is 9.47 Å². The molecule has 0 bridgehead atoms. The third kappa shape index (κ3) is 5.85. The number of hydrogen-bond donors (Lipinski definition) is 0. The van der Waals surface area contributed by atoms with Crippen LogP contribution in [0, 0.1) is 0 Å². The van der Waals surface area contributed by atoms with E-state index in [2.05, 4.69) is 10.0 Å². The summed E-state index contributed by atoms with van der Waals surface area (Å²) in [5, 5.41) is 8.71. The molecule has 10 heteroatoms. The molecule has 0 saturated heterocycles. The molecular weight excluding hydrogens is 737 g/mol. The Morgan fingerprint density at radius 2 is 0.915 bits per heavy atom. The van der Waals surface area contributed by atoms with Crippen LogP contribution < -0.4 is 30.6 Å². The van der Waals surface area contributed by atoms with E-state index in [9.17, 15) is 9.59 Å². The normalized spacial score (nSPS) is 14.5. The highest BCUT2D eigenvalue weighted by molar-refractivity contribution is 6.01. The fraction of sp³-hybridized carbons (Fsp3) is 0.0408. The molecule has 0 fully saturated rings. The fourth-order valence-electron chi connectivity index (χ4n) is 7.91. The molecule has 8 aromatic rings. The van der Waals surface area contributed by atoms with Gasteiger partial charge in [-0.3, -0.25) is 14.6 Å². The van der Waals surface area contributed by atoms with Gasteiger partial charge in [0.05, 0.1) is 28.5 Å². The maximum atomic E-state index is 14.3. The number of anilines is 4. The van der Waals surface area contributed by atoms with E-state index < -0.39 is 0 Å². The van der Waals surface area contributed by atoms with E-state index in [0.717, 1.165) is 33.5 Å². The molecule has 59 heavy (non-hydrogen) atoms. The van der Waals surface area contributed by atoms with Gasteiger partial charge in [-0.1, -0.05) is 114 Å². The van der Waals surface area contributed by atoms with Crippen LogP contribution in [0.1, 0.15) is 0 Å². The number of para-hydroxylation sites is 4. The summed E-state index contributed by atoms with van der Waals surface area (Å²) < 4.78 is 18.8. The highest BCUT2D eigenvalue weighted by Gasteiger charge is 2.38. The second kappa shape index (κ2) is 14.4. The second-order valence-electron chi connectivity index (χ2n) is 14.1. The van der Waals surface area contributed by atoms with Crippen molar-refractivity contribution >= 4 is 50.2 Å². The Balaban J connectivity index is 1.15. The second-order valence-corrected chi connectivity index (χ2v) is 14.1. The van der Waals surface area contributed by atoms with E-state index in [1.807, 2.05) is 212 Å². The first-order valence-electron chi connectivity index (χ1n) is 19.2. The molecule has 0 atom stereocenters. The molecule has 0 aliphatic carbocycles. The smallest absolute Gasteiger partial charge is 0.398 e. The van der Waals surface area contributed by atoms with Gasteiger partial charge in [-0.25, -0.2) is 14.1 Å². The number of rotatable bonds is 6. The zero-order valence-electron chi connectivity index (χ0n) is 32.2. The predicted molar refractivity (Wildman–Crippen MR) is 234 cm³/mol. The molecule has 10 rings (SSSR count). The van der Waals surface area contributed by atoms with Gasteiger partial charge in [0.1, 0.15) is 11.4 Å². The molecule has 6 aromatic carbocycles. The molecule has 0 spiro atoms. The molecule has 10 nitrogen and oxygen atoms in total. The number of hydrazone groups is 1. The van der Waals surface area contributed by atoms with Crippen LogP contribution in [0.15, 0.2) is 204 Å². The third-order valence-electron chi connectivity index (χ3n) is 10.6. The number of benzene rings is 6. The Hall–Kier alpha value is -8.11. The SMILES string of the molecule is CN1/C(=C\C=C\C2=[N+](C)N(c3ccccc3)c3c(n(-c4ccccc4)c(=O)c4ccccc34)O2)Oc2c(c3ccccc3c(=O)n2-c2ccccc2)N1c1ccccc1. The first-order valence-corrected chi connectivity index (χ1v) is 19.2. The Morgan fingerprint density at radius 1 is 0.492 bits per heavy atom. The first kappa shape index (κ1) is 35.3. The molecule has 0 unspecified atom stereocenters. The summed E-state index contributed by atoms with van der Waals surface area (Å²) in [5.74, 6) is 1.65. The maximum Gasteiger partial charge on any atom is 0.398 e. The van der Waals surface area contributed by atoms with Gasteiger partial charge >= 0.3 is 5.90 Å². The lowest BCUT2D eigenvalue weighted by Gasteiger charge is -2.41. The van der Waals surface area contributed by atoms with Crippen molar-refractivity contribution in [2.24, 2.45) is 0 Å². The lowest BCUT2D eigenvalue weighted by Crippen LogP contribution is -2.43. The van der Waals surface area contributed by atoms with Crippen LogP contribution >= 0.6 is 0 Å². The Kier molecular flexibility index (Phi) is 8.64. The molecule has 2 aromatic heterocycles. The summed E-state index contributed by atoms with van der Waals surface area (Å²) in [6.45, 7) is 0. The van der Waals surface area contributed by atoms with E-state index in [1.165, 1.54) is 0 Å². The fourth-order valence-corrected chi connectivity index (χ4v) is 7.91. The van der Waals surface area contributed by atoms with E-state index in [0.29, 0.717) is 45.7 Å². The standard InChI is InChI=1S/C49H37N6O4/c1-50-42(58-48-44(54(50)36-24-11-5-12-25-36)38-28-15-17-30-40(38)46(56)52(48)34-20-7-3-8-21-34)32-19-33-43-51(2)55(37-26-13-6-14-27-37)45-39-29-16-18-31-41(39)47(57)53(49(45)59-43)35-22-9-4-10-23-35/h3-33H,1-2H3/q+1. The minimum Gasteiger partial charge on any atom is -0.420 e. The number of nitrogens with zero attached hydrogens (tertiary/aromatic N) is 6. The number of aromatic nitrogens is 2. The third-order valence-corrected chi connectivity index (χ3v) is 10.6. The van der Waals surface area contributed by atoms with Gasteiger partial charge in [-0.15, -0.1) is 5.01 Å². The van der Waals surface area contributed by atoms with Crippen LogP contribution in [0.3, 0.4) is 0 Å². The van der Waals surface area contributed by atoms with Crippen molar-refractivity contribution < 1.29 is 14.2 Å². The van der Waals surface area contributed by atoms with Gasteiger partial charge in [0.2, 0.25) is 17.6 Å². The monoisotopic (exact) mass is 773 g/mol. The molecular formula is C49H37N6O4+. The number of allylic oxidation sites excluding steroid dienone is 2. The zero-order valence-corrected chi connectivity index (χ0v) is 32.2. The van der Waals surface area contributed by atoms with Crippen molar-refractivity contribution in [3.05, 3.63) is 215 Å². The average Bonchev–Trinajstić information content (AvgIpc) is 3.29. The lowest BCUT2D eigenvalue weighted by molar-refractivity contribution is -0.509. The lowest BCUT2D eigenvalue weighted by atomic mass is 10.1. The van der Waals surface area contributed by atoms with Gasteiger partial charge in [0.15, 0.2) is 12.7 Å². The van der Waals surface area contributed by atoms with Gasteiger partial charge in [-0.2, -0.15) is 0 Å². The van der Waals surface area contributed by atoms with Crippen LogP contribution in [0.4, 0.5) is 22.7 Å². The molecule has 0 saturated carbocycles. The summed E-state index contributed by atoms with van der Waals surface area (Å²) in [7, 11) is 3.85. The summed E-state index contributed by atoms with van der Waals surface area (Å²) >= 11 is 0. The molecule has 4 heterocycles. The van der Waals surface area contributed by atoms with Crippen molar-refractivity contribution in [2.75, 3.05) is 24.1 Å². The minimum atomic E-state index is -0.192. The van der Waals surface area contributed by atoms with Crippen LogP contribution in [-0.2, 0) is 0 Å². The van der Waals surface area contributed by atoms with Gasteiger partial charge in [0, 0.05) is 29.3 Å².